The van der Waals surface area contributed by atoms with Crippen molar-refractivity contribution < 1.29 is 0 Å². The number of fused-ring (bicyclic) bond motifs is 1. The van der Waals surface area contributed by atoms with Crippen molar-refractivity contribution in [2.45, 2.75) is 19.8 Å². The second-order valence-electron chi connectivity index (χ2n) is 6.69. The molecule has 0 N–H and O–H groups in total. The number of rotatable bonds is 0. The van der Waals surface area contributed by atoms with E-state index in [1.54, 1.807) is 0 Å². The van der Waals surface area contributed by atoms with E-state index in [9.17, 15) is 0 Å². The lowest BCUT2D eigenvalue weighted by atomic mass is 9.96. The maximum atomic E-state index is 6.62. The Labute approximate surface area is 152 Å². The minimum atomic E-state index is 0.806. The number of hydrogen-bond donors (Lipinski definition) is 0. The third kappa shape index (κ3) is 2.29. The molecular weight excluding hydrogens is 328 g/mol. The summed E-state index contributed by atoms with van der Waals surface area (Å²) in [7, 11) is 0. The third-order valence-corrected chi connectivity index (χ3v) is 5.64. The lowest BCUT2D eigenvalue weighted by Crippen LogP contribution is -2.22. The summed E-state index contributed by atoms with van der Waals surface area (Å²) in [4.78, 5) is 6.91. The van der Waals surface area contributed by atoms with Gasteiger partial charge in [0.15, 0.2) is 0 Å². The molecule has 0 unspecified atom stereocenters. The Bertz CT molecular complexity index is 1000. The third-order valence-electron chi connectivity index (χ3n) is 5.17. The largest absolute Gasteiger partial charge is 0.308 e. The minimum absolute atomic E-state index is 0.806. The summed E-state index contributed by atoms with van der Waals surface area (Å²) in [5, 5.41) is 0.806. The van der Waals surface area contributed by atoms with Crippen LogP contribution in [0.4, 0.5) is 22.7 Å². The summed E-state index contributed by atoms with van der Waals surface area (Å²) in [6.07, 6.45) is 4.02. The quantitative estimate of drug-likeness (QED) is 0.366. The van der Waals surface area contributed by atoms with Gasteiger partial charge in [0.05, 0.1) is 22.1 Å². The number of nitrogens with zero attached hydrogens (tertiary/aromatic N) is 2. The van der Waals surface area contributed by atoms with Gasteiger partial charge in [-0.25, -0.2) is 0 Å². The lowest BCUT2D eigenvalue weighted by molar-refractivity contribution is 0.960. The smallest absolute Gasteiger partial charge is 0.0683 e. The first-order valence-electron chi connectivity index (χ1n) is 8.56. The first-order valence-corrected chi connectivity index (χ1v) is 8.94. The number of aryl methyl sites for hydroxylation is 2. The number of halogens is 1. The highest BCUT2D eigenvalue weighted by molar-refractivity contribution is 6.36. The molecule has 3 aromatic carbocycles. The van der Waals surface area contributed by atoms with E-state index in [2.05, 4.69) is 71.4 Å². The lowest BCUT2D eigenvalue weighted by Gasteiger charge is -2.37. The first kappa shape index (κ1) is 14.7. The van der Waals surface area contributed by atoms with E-state index < -0.39 is 0 Å². The van der Waals surface area contributed by atoms with Gasteiger partial charge in [0.25, 0.3) is 0 Å². The molecule has 8 bridgehead atoms. The number of hydrogen-bond acceptors (Lipinski definition) is 2. The molecule has 0 atom stereocenters. The molecule has 0 aliphatic carbocycles. The standard InChI is InChI=1S/C22H17ClN2/c1-14-19-13-24-17-8-4-15(5-9-17)2-3-16-6-10-18(11-7-16)25-20(19)12-21(25)22(14)23/h4-13H,2-3H2,1H3. The van der Waals surface area contributed by atoms with Gasteiger partial charge in [-0.15, -0.1) is 0 Å². The molecule has 0 fully saturated rings. The van der Waals surface area contributed by atoms with Gasteiger partial charge >= 0.3 is 0 Å². The van der Waals surface area contributed by atoms with Crippen molar-refractivity contribution in [2.75, 3.05) is 4.90 Å². The molecule has 3 heteroatoms. The van der Waals surface area contributed by atoms with E-state index in [1.165, 1.54) is 16.8 Å². The van der Waals surface area contributed by atoms with Gasteiger partial charge in [-0.05, 0) is 66.8 Å². The Morgan fingerprint density at radius 3 is 2.20 bits per heavy atom. The minimum Gasteiger partial charge on any atom is -0.308 e. The van der Waals surface area contributed by atoms with Crippen molar-refractivity contribution in [3.63, 3.8) is 0 Å². The van der Waals surface area contributed by atoms with Gasteiger partial charge in [-0.3, -0.25) is 4.99 Å². The van der Waals surface area contributed by atoms with Gasteiger partial charge < -0.3 is 4.90 Å². The summed E-state index contributed by atoms with van der Waals surface area (Å²) in [6.45, 7) is 2.06. The van der Waals surface area contributed by atoms with Crippen molar-refractivity contribution in [2.24, 2.45) is 4.99 Å². The molecular formula is C22H17ClN2. The van der Waals surface area contributed by atoms with Crippen LogP contribution in [0.25, 0.3) is 0 Å². The molecule has 122 valence electrons. The van der Waals surface area contributed by atoms with E-state index in [4.69, 9.17) is 11.6 Å². The fourth-order valence-electron chi connectivity index (χ4n) is 3.61. The zero-order chi connectivity index (χ0) is 17.0. The monoisotopic (exact) mass is 344 g/mol. The molecule has 0 spiro atoms. The fraction of sp³-hybridized carbons (Fsp3) is 0.136. The second-order valence-corrected chi connectivity index (χ2v) is 7.07. The van der Waals surface area contributed by atoms with Gasteiger partial charge in [0.2, 0.25) is 0 Å². The molecule has 0 radical (unpaired) electrons. The fourth-order valence-corrected chi connectivity index (χ4v) is 3.85. The second kappa shape index (κ2) is 5.47. The molecule has 6 aliphatic heterocycles. The summed E-state index contributed by atoms with van der Waals surface area (Å²) >= 11 is 6.62. The molecule has 3 aromatic rings. The van der Waals surface area contributed by atoms with Crippen LogP contribution in [0.1, 0.15) is 22.3 Å². The number of benzene rings is 3. The molecule has 6 aliphatic rings. The molecule has 6 heterocycles. The Balaban J connectivity index is 1.71. The molecule has 0 saturated heterocycles. The average molecular weight is 345 g/mol. The summed E-state index contributed by atoms with van der Waals surface area (Å²) < 4.78 is 0. The summed E-state index contributed by atoms with van der Waals surface area (Å²) in [6, 6.07) is 19.5. The van der Waals surface area contributed by atoms with Crippen LogP contribution in [0.5, 0.6) is 0 Å². The maximum Gasteiger partial charge on any atom is 0.0683 e. The Morgan fingerprint density at radius 2 is 1.52 bits per heavy atom. The van der Waals surface area contributed by atoms with E-state index in [1.807, 2.05) is 6.21 Å². The van der Waals surface area contributed by atoms with Gasteiger partial charge in [0.1, 0.15) is 0 Å². The van der Waals surface area contributed by atoms with Crippen molar-refractivity contribution >= 4 is 40.6 Å². The van der Waals surface area contributed by atoms with Crippen molar-refractivity contribution in [3.8, 4) is 0 Å². The van der Waals surface area contributed by atoms with Crippen LogP contribution in [0.2, 0.25) is 5.02 Å². The summed E-state index contributed by atoms with van der Waals surface area (Å²) in [5.41, 5.74) is 9.23. The predicted molar refractivity (Wildman–Crippen MR) is 106 cm³/mol. The molecule has 0 aromatic heterocycles. The topological polar surface area (TPSA) is 15.6 Å². The highest BCUT2D eigenvalue weighted by Crippen LogP contribution is 2.52. The van der Waals surface area contributed by atoms with E-state index in [0.717, 1.165) is 46.1 Å². The SMILES string of the molecule is Cc1c(Cl)c2cc3c1C=Nc1ccc(cc1)CCc1ccc(cc1)N23. The number of aliphatic imine (C=N–C) groups is 1. The van der Waals surface area contributed by atoms with Crippen molar-refractivity contribution in [1.29, 1.82) is 0 Å². The van der Waals surface area contributed by atoms with E-state index >= 15 is 0 Å². The van der Waals surface area contributed by atoms with E-state index in [-0.39, 0.29) is 0 Å². The van der Waals surface area contributed by atoms with Crippen molar-refractivity contribution in [3.05, 3.63) is 81.9 Å². The zero-order valence-corrected chi connectivity index (χ0v) is 14.7. The Morgan fingerprint density at radius 1 is 0.880 bits per heavy atom. The summed E-state index contributed by atoms with van der Waals surface area (Å²) in [5.74, 6) is 0. The predicted octanol–water partition coefficient (Wildman–Crippen LogP) is 6.28. The van der Waals surface area contributed by atoms with Crippen LogP contribution < -0.4 is 4.90 Å². The highest BCUT2D eigenvalue weighted by Gasteiger charge is 2.30. The molecule has 2 nitrogen and oxygen atoms in total. The normalized spacial score (nSPS) is 14.2. The van der Waals surface area contributed by atoms with Crippen LogP contribution >= 0.6 is 11.6 Å². The van der Waals surface area contributed by atoms with Gasteiger partial charge in [-0.1, -0.05) is 35.9 Å². The zero-order valence-electron chi connectivity index (χ0n) is 14.0. The molecule has 0 saturated carbocycles. The molecule has 0 amide bonds. The highest BCUT2D eigenvalue weighted by atomic mass is 35.5. The van der Waals surface area contributed by atoms with Crippen molar-refractivity contribution in [1.82, 2.24) is 0 Å². The van der Waals surface area contributed by atoms with Crippen LogP contribution in [0.3, 0.4) is 0 Å². The maximum absolute atomic E-state index is 6.62. The van der Waals surface area contributed by atoms with Crippen LogP contribution in [0.15, 0.2) is 59.6 Å². The number of anilines is 3. The Hall–Kier alpha value is -2.58. The van der Waals surface area contributed by atoms with Gasteiger partial charge in [0, 0.05) is 17.5 Å². The average Bonchev–Trinajstić information content (AvgIpc) is 2.62. The molecule has 9 rings (SSSR count). The first-order chi connectivity index (χ1) is 12.2. The van der Waals surface area contributed by atoms with Crippen LogP contribution in [0, 0.1) is 6.92 Å². The molecule has 25 heavy (non-hydrogen) atoms. The van der Waals surface area contributed by atoms with Crippen LogP contribution in [-0.2, 0) is 12.8 Å². The Kier molecular flexibility index (Phi) is 3.22. The van der Waals surface area contributed by atoms with Gasteiger partial charge in [-0.2, -0.15) is 0 Å². The van der Waals surface area contributed by atoms with E-state index in [0.29, 0.717) is 0 Å². The van der Waals surface area contributed by atoms with Crippen LogP contribution in [-0.4, -0.2) is 6.21 Å².